The Morgan fingerprint density at radius 3 is 1.03 bits per heavy atom. The molecule has 3 fully saturated rings. The monoisotopic (exact) mass is 1410 g/mol. The standard InChI is InChI=1S/C80H149NO18/c1-3-5-7-9-11-13-15-17-19-21-23-25-26-27-28-29-30-31-32-33-34-35-36-38-39-41-43-45-47-49-51-53-55-57-64(85)63(81-68(86)58-56-54-52-50-48-46-44-42-40-37-24-22-20-18-16-14-12-10-8-6-4-2)62-94-78-74(92)71(89)76(66(60-83)96-78)99-80-75(93)72(90)77(67(61-84)97-80)98-79-73(91)70(88)69(87)65(59-82)95-79/h16,18,22,24,55,57,63-67,69-80,82-85,87-93H,3-15,17,19-21,23,25-54,56,58-62H2,1-2H3,(H,81,86)/b18-16-,24-22-,57-55+. The van der Waals surface area contributed by atoms with Crippen molar-refractivity contribution in [3.05, 3.63) is 36.5 Å². The van der Waals surface area contributed by atoms with E-state index in [4.69, 9.17) is 28.4 Å². The number of allylic oxidation sites excluding steroid dienone is 5. The van der Waals surface area contributed by atoms with Crippen LogP contribution in [0.3, 0.4) is 0 Å². The molecular weight excluding hydrogens is 1260 g/mol. The minimum absolute atomic E-state index is 0.239. The number of amides is 1. The Hall–Kier alpha value is -1.99. The first kappa shape index (κ1) is 91.2. The van der Waals surface area contributed by atoms with E-state index in [0.717, 1.165) is 64.2 Å². The molecule has 0 aromatic heterocycles. The van der Waals surface area contributed by atoms with Gasteiger partial charge in [0.2, 0.25) is 5.91 Å². The molecule has 582 valence electrons. The van der Waals surface area contributed by atoms with Gasteiger partial charge in [-0.2, -0.15) is 0 Å². The molecule has 0 aromatic rings. The molecule has 0 spiro atoms. The molecule has 0 saturated carbocycles. The normalized spacial score (nSPS) is 26.7. The molecule has 3 rings (SSSR count). The molecule has 99 heavy (non-hydrogen) atoms. The number of unbranched alkanes of at least 4 members (excludes halogenated alkanes) is 45. The largest absolute Gasteiger partial charge is 0.394 e. The van der Waals surface area contributed by atoms with Crippen molar-refractivity contribution in [1.29, 1.82) is 0 Å². The molecular formula is C80H149NO18. The summed E-state index contributed by atoms with van der Waals surface area (Å²) in [5, 5.41) is 121. The van der Waals surface area contributed by atoms with Gasteiger partial charge in [-0.15, -0.1) is 0 Å². The van der Waals surface area contributed by atoms with Gasteiger partial charge in [0.05, 0.1) is 38.6 Å². The SMILES string of the molecule is CCCCCCC/C=C\C/C=C\CCCCCCCCCCCC(=O)NC(COC1OC(CO)C(OC2OC(CO)C(OC3OC(CO)C(O)C(O)C3O)C(O)C2O)C(O)C1O)C(O)/C=C/CCCCCCCCCCCCCCCCCCCCCCCCCCCCCCCCC. The molecule has 17 unspecified atom stereocenters. The molecule has 3 aliphatic heterocycles. The predicted octanol–water partition coefficient (Wildman–Crippen LogP) is 13.5. The van der Waals surface area contributed by atoms with Gasteiger partial charge in [-0.3, -0.25) is 4.79 Å². The third-order valence-electron chi connectivity index (χ3n) is 20.4. The van der Waals surface area contributed by atoms with Gasteiger partial charge in [-0.05, 0) is 51.4 Å². The van der Waals surface area contributed by atoms with Crippen LogP contribution in [0.1, 0.15) is 335 Å². The summed E-state index contributed by atoms with van der Waals surface area (Å²) in [6, 6.07) is -0.977. The van der Waals surface area contributed by atoms with Crippen LogP contribution < -0.4 is 5.32 Å². The first-order valence-electron chi connectivity index (χ1n) is 40.7. The molecule has 3 heterocycles. The Labute approximate surface area is 600 Å². The van der Waals surface area contributed by atoms with Crippen molar-refractivity contribution >= 4 is 5.91 Å². The fourth-order valence-electron chi connectivity index (χ4n) is 13.9. The lowest BCUT2D eigenvalue weighted by Gasteiger charge is -2.48. The lowest BCUT2D eigenvalue weighted by Crippen LogP contribution is -2.66. The lowest BCUT2D eigenvalue weighted by atomic mass is 9.96. The summed E-state index contributed by atoms with van der Waals surface area (Å²) in [6.07, 6.45) is 48.5. The van der Waals surface area contributed by atoms with Crippen molar-refractivity contribution in [3.63, 3.8) is 0 Å². The molecule has 0 bridgehead atoms. The predicted molar refractivity (Wildman–Crippen MR) is 393 cm³/mol. The molecule has 19 nitrogen and oxygen atoms in total. The number of nitrogens with one attached hydrogen (secondary N) is 1. The molecule has 3 aliphatic rings. The average Bonchev–Trinajstić information content (AvgIpc) is 0.784. The van der Waals surface area contributed by atoms with Crippen LogP contribution in [0.4, 0.5) is 0 Å². The van der Waals surface area contributed by atoms with Crippen molar-refractivity contribution in [2.75, 3.05) is 26.4 Å². The molecule has 0 radical (unpaired) electrons. The van der Waals surface area contributed by atoms with Crippen LogP contribution >= 0.6 is 0 Å². The van der Waals surface area contributed by atoms with Crippen molar-refractivity contribution in [3.8, 4) is 0 Å². The fraction of sp³-hybridized carbons (Fsp3) is 0.912. The van der Waals surface area contributed by atoms with Gasteiger partial charge < -0.3 is 89.9 Å². The number of hydrogen-bond acceptors (Lipinski definition) is 18. The van der Waals surface area contributed by atoms with Gasteiger partial charge in [0.25, 0.3) is 0 Å². The molecule has 19 heteroatoms. The van der Waals surface area contributed by atoms with Crippen molar-refractivity contribution in [2.24, 2.45) is 0 Å². The Morgan fingerprint density at radius 2 is 0.667 bits per heavy atom. The minimum Gasteiger partial charge on any atom is -0.394 e. The summed E-state index contributed by atoms with van der Waals surface area (Å²) < 4.78 is 34.5. The Bertz CT molecular complexity index is 1930. The fourth-order valence-corrected chi connectivity index (χ4v) is 13.9. The third-order valence-corrected chi connectivity index (χ3v) is 20.4. The topological polar surface area (TPSA) is 307 Å². The number of aliphatic hydroxyl groups excluding tert-OH is 11. The van der Waals surface area contributed by atoms with Crippen molar-refractivity contribution < 1.29 is 89.4 Å². The van der Waals surface area contributed by atoms with Crippen LogP contribution in [0.15, 0.2) is 36.5 Å². The summed E-state index contributed by atoms with van der Waals surface area (Å²) >= 11 is 0. The van der Waals surface area contributed by atoms with Crippen LogP contribution in [-0.4, -0.2) is 193 Å². The molecule has 12 N–H and O–H groups in total. The van der Waals surface area contributed by atoms with Crippen LogP contribution in [0, 0.1) is 0 Å². The van der Waals surface area contributed by atoms with Gasteiger partial charge in [-0.1, -0.05) is 314 Å². The van der Waals surface area contributed by atoms with Gasteiger partial charge in [0, 0.05) is 6.42 Å². The summed E-state index contributed by atoms with van der Waals surface area (Å²) in [5.41, 5.74) is 0. The van der Waals surface area contributed by atoms with Crippen molar-refractivity contribution in [1.82, 2.24) is 5.32 Å². The molecule has 1 amide bonds. The van der Waals surface area contributed by atoms with E-state index in [9.17, 15) is 61.0 Å². The summed E-state index contributed by atoms with van der Waals surface area (Å²) in [7, 11) is 0. The van der Waals surface area contributed by atoms with Gasteiger partial charge in [-0.25, -0.2) is 0 Å². The van der Waals surface area contributed by atoms with Crippen LogP contribution in [0.5, 0.6) is 0 Å². The highest BCUT2D eigenvalue weighted by atomic mass is 16.8. The highest BCUT2D eigenvalue weighted by Crippen LogP contribution is 2.33. The Balaban J connectivity index is 1.36. The zero-order valence-corrected chi connectivity index (χ0v) is 62.2. The van der Waals surface area contributed by atoms with E-state index in [1.54, 1.807) is 6.08 Å². The van der Waals surface area contributed by atoms with E-state index in [-0.39, 0.29) is 18.9 Å². The quantitative estimate of drug-likeness (QED) is 0.0199. The Kier molecular flexibility index (Phi) is 56.4. The number of ether oxygens (including phenoxy) is 6. The van der Waals surface area contributed by atoms with Crippen molar-refractivity contribution in [2.45, 2.75) is 439 Å². The zero-order chi connectivity index (χ0) is 71.8. The van der Waals surface area contributed by atoms with E-state index in [2.05, 4.69) is 43.5 Å². The second-order valence-electron chi connectivity index (χ2n) is 29.2. The molecule has 0 aliphatic carbocycles. The van der Waals surface area contributed by atoms with E-state index in [0.29, 0.717) is 6.42 Å². The van der Waals surface area contributed by atoms with E-state index in [1.165, 1.54) is 244 Å². The highest BCUT2D eigenvalue weighted by Gasteiger charge is 2.54. The van der Waals surface area contributed by atoms with Crippen LogP contribution in [0.25, 0.3) is 0 Å². The second-order valence-corrected chi connectivity index (χ2v) is 29.2. The third kappa shape index (κ3) is 41.5. The summed E-state index contributed by atoms with van der Waals surface area (Å²) in [6.45, 7) is 1.77. The molecule has 3 saturated heterocycles. The number of carbonyl (C=O) groups is 1. The van der Waals surface area contributed by atoms with Gasteiger partial charge in [0.15, 0.2) is 18.9 Å². The lowest BCUT2D eigenvalue weighted by molar-refractivity contribution is -0.379. The first-order valence-corrected chi connectivity index (χ1v) is 40.7. The van der Waals surface area contributed by atoms with Crippen LogP contribution in [-0.2, 0) is 33.2 Å². The first-order chi connectivity index (χ1) is 48.3. The summed E-state index contributed by atoms with van der Waals surface area (Å²) in [5.74, 6) is -0.276. The van der Waals surface area contributed by atoms with Gasteiger partial charge in [0.1, 0.15) is 73.2 Å². The van der Waals surface area contributed by atoms with E-state index in [1.807, 2.05) is 6.08 Å². The second kappa shape index (κ2) is 61.2. The van der Waals surface area contributed by atoms with E-state index >= 15 is 0 Å². The van der Waals surface area contributed by atoms with Gasteiger partial charge >= 0.3 is 0 Å². The number of aliphatic hydroxyl groups is 11. The minimum atomic E-state index is -1.98. The maximum Gasteiger partial charge on any atom is 0.220 e. The van der Waals surface area contributed by atoms with E-state index < -0.39 is 124 Å². The zero-order valence-electron chi connectivity index (χ0n) is 62.2. The average molecular weight is 1410 g/mol. The number of hydrogen-bond donors (Lipinski definition) is 12. The Morgan fingerprint density at radius 1 is 0.364 bits per heavy atom. The maximum absolute atomic E-state index is 13.5. The summed E-state index contributed by atoms with van der Waals surface area (Å²) in [4.78, 5) is 13.5. The maximum atomic E-state index is 13.5. The number of rotatable bonds is 65. The number of carbonyl (C=O) groups excluding carboxylic acids is 1. The molecule has 17 atom stereocenters. The highest BCUT2D eigenvalue weighted by molar-refractivity contribution is 5.76. The smallest absolute Gasteiger partial charge is 0.220 e. The molecule has 0 aromatic carbocycles. The van der Waals surface area contributed by atoms with Crippen LogP contribution in [0.2, 0.25) is 0 Å².